The first-order valence-corrected chi connectivity index (χ1v) is 7.33. The van der Waals surface area contributed by atoms with Gasteiger partial charge in [0.25, 0.3) is 0 Å². The number of fused-ring (bicyclic) bond motifs is 3. The van der Waals surface area contributed by atoms with Crippen molar-refractivity contribution in [1.82, 2.24) is 4.90 Å². The van der Waals surface area contributed by atoms with Gasteiger partial charge in [0.2, 0.25) is 0 Å². The number of nitrogens with zero attached hydrogens (tertiary/aromatic N) is 1. The molecular formula is C16H23NO2. The van der Waals surface area contributed by atoms with Gasteiger partial charge >= 0.3 is 0 Å². The molecular weight excluding hydrogens is 238 g/mol. The van der Waals surface area contributed by atoms with Crippen LogP contribution in [0.5, 0.6) is 5.75 Å². The lowest BCUT2D eigenvalue weighted by Crippen LogP contribution is -2.51. The van der Waals surface area contributed by atoms with Crippen LogP contribution in [0.1, 0.15) is 31.2 Å². The van der Waals surface area contributed by atoms with Gasteiger partial charge in [-0.2, -0.15) is 0 Å². The average molecular weight is 261 g/mol. The fourth-order valence-electron chi connectivity index (χ4n) is 3.60. The molecule has 3 rings (SSSR count). The molecule has 2 aliphatic heterocycles. The van der Waals surface area contributed by atoms with E-state index in [4.69, 9.17) is 9.47 Å². The fourth-order valence-corrected chi connectivity index (χ4v) is 3.60. The normalized spacial score (nSPS) is 30.3. The molecule has 3 unspecified atom stereocenters. The Balaban J connectivity index is 1.93. The van der Waals surface area contributed by atoms with E-state index in [0.29, 0.717) is 11.8 Å². The first-order valence-electron chi connectivity index (χ1n) is 7.33. The summed E-state index contributed by atoms with van der Waals surface area (Å²) in [7, 11) is 1.84. The largest absolute Gasteiger partial charge is 0.493 e. The number of hydrogen-bond donors (Lipinski definition) is 0. The van der Waals surface area contributed by atoms with Crippen LogP contribution in [0.3, 0.4) is 0 Å². The van der Waals surface area contributed by atoms with Crippen LogP contribution in [-0.2, 0) is 4.74 Å². The van der Waals surface area contributed by atoms with Gasteiger partial charge in [-0.3, -0.25) is 4.90 Å². The number of likely N-dealkylation sites (tertiary alicyclic amines) is 1. The number of para-hydroxylation sites is 1. The highest BCUT2D eigenvalue weighted by Crippen LogP contribution is 2.44. The Bertz CT molecular complexity index is 435. The molecule has 19 heavy (non-hydrogen) atoms. The maximum Gasteiger partial charge on any atom is 0.122 e. The van der Waals surface area contributed by atoms with Gasteiger partial charge in [-0.1, -0.05) is 25.1 Å². The number of benzene rings is 1. The van der Waals surface area contributed by atoms with Gasteiger partial charge in [0.05, 0.1) is 6.61 Å². The molecule has 1 aromatic carbocycles. The molecule has 0 amide bonds. The summed E-state index contributed by atoms with van der Waals surface area (Å²) in [6.45, 7) is 5.31. The minimum absolute atomic E-state index is 0.198. The SMILES string of the molecule is CCCN1CCC2COc3ccccc3C2C1OC. The Morgan fingerprint density at radius 2 is 2.21 bits per heavy atom. The molecule has 104 valence electrons. The third-order valence-corrected chi connectivity index (χ3v) is 4.45. The average Bonchev–Trinajstić information content (AvgIpc) is 2.47. The van der Waals surface area contributed by atoms with E-state index >= 15 is 0 Å². The molecule has 1 aromatic rings. The fraction of sp³-hybridized carbons (Fsp3) is 0.625. The summed E-state index contributed by atoms with van der Waals surface area (Å²) in [5.74, 6) is 2.09. The number of piperidine rings is 1. The maximum atomic E-state index is 5.91. The zero-order valence-electron chi connectivity index (χ0n) is 11.8. The van der Waals surface area contributed by atoms with Crippen LogP contribution in [0.2, 0.25) is 0 Å². The summed E-state index contributed by atoms with van der Waals surface area (Å²) in [5.41, 5.74) is 1.33. The third-order valence-electron chi connectivity index (χ3n) is 4.45. The number of hydrogen-bond acceptors (Lipinski definition) is 3. The highest BCUT2D eigenvalue weighted by molar-refractivity contribution is 5.39. The lowest BCUT2D eigenvalue weighted by molar-refractivity contribution is -0.0980. The predicted molar refractivity (Wildman–Crippen MR) is 75.4 cm³/mol. The third kappa shape index (κ3) is 2.26. The van der Waals surface area contributed by atoms with Crippen molar-refractivity contribution in [2.24, 2.45) is 5.92 Å². The second-order valence-corrected chi connectivity index (χ2v) is 5.59. The van der Waals surface area contributed by atoms with Gasteiger partial charge in [0.1, 0.15) is 12.0 Å². The smallest absolute Gasteiger partial charge is 0.122 e. The molecule has 0 aromatic heterocycles. The summed E-state index contributed by atoms with van der Waals surface area (Å²) in [4.78, 5) is 2.49. The van der Waals surface area contributed by atoms with Crippen LogP contribution in [0.15, 0.2) is 24.3 Å². The molecule has 0 aliphatic carbocycles. The van der Waals surface area contributed by atoms with Crippen LogP contribution >= 0.6 is 0 Å². The molecule has 0 N–H and O–H groups in total. The van der Waals surface area contributed by atoms with E-state index in [-0.39, 0.29) is 6.23 Å². The first-order chi connectivity index (χ1) is 9.35. The molecule has 1 saturated heterocycles. The standard InChI is InChI=1S/C16H23NO2/c1-3-9-17-10-8-12-11-19-14-7-5-4-6-13(14)15(12)16(17)18-2/h4-7,12,15-16H,3,8-11H2,1-2H3. The maximum absolute atomic E-state index is 5.91. The van der Waals surface area contributed by atoms with Crippen LogP contribution in [-0.4, -0.2) is 37.9 Å². The van der Waals surface area contributed by atoms with Crippen LogP contribution < -0.4 is 4.74 Å². The minimum Gasteiger partial charge on any atom is -0.493 e. The van der Waals surface area contributed by atoms with Crippen molar-refractivity contribution in [3.05, 3.63) is 29.8 Å². The van der Waals surface area contributed by atoms with Crippen LogP contribution in [0.4, 0.5) is 0 Å². The van der Waals surface area contributed by atoms with Crippen molar-refractivity contribution in [2.75, 3.05) is 26.8 Å². The summed E-state index contributed by atoms with van der Waals surface area (Å²) >= 11 is 0. The summed E-state index contributed by atoms with van der Waals surface area (Å²) in [6, 6.07) is 8.44. The predicted octanol–water partition coefficient (Wildman–Crippen LogP) is 2.87. The summed E-state index contributed by atoms with van der Waals surface area (Å²) < 4.78 is 11.8. The van der Waals surface area contributed by atoms with Crippen molar-refractivity contribution in [3.63, 3.8) is 0 Å². The molecule has 3 atom stereocenters. The second-order valence-electron chi connectivity index (χ2n) is 5.59. The number of ether oxygens (including phenoxy) is 2. The van der Waals surface area contributed by atoms with Gasteiger partial charge in [0, 0.05) is 37.6 Å². The summed E-state index contributed by atoms with van der Waals surface area (Å²) in [6.07, 6.45) is 2.58. The van der Waals surface area contributed by atoms with E-state index in [1.807, 2.05) is 13.2 Å². The summed E-state index contributed by atoms with van der Waals surface area (Å²) in [5, 5.41) is 0. The minimum atomic E-state index is 0.198. The molecule has 0 saturated carbocycles. The van der Waals surface area contributed by atoms with Crippen LogP contribution in [0, 0.1) is 5.92 Å². The van der Waals surface area contributed by atoms with Crippen molar-refractivity contribution >= 4 is 0 Å². The molecule has 0 bridgehead atoms. The van der Waals surface area contributed by atoms with Crippen LogP contribution in [0.25, 0.3) is 0 Å². The second kappa shape index (κ2) is 5.51. The van der Waals surface area contributed by atoms with E-state index < -0.39 is 0 Å². The Labute approximate surface area is 115 Å². The van der Waals surface area contributed by atoms with Crippen molar-refractivity contribution in [1.29, 1.82) is 0 Å². The monoisotopic (exact) mass is 261 g/mol. The Hall–Kier alpha value is -1.06. The lowest BCUT2D eigenvalue weighted by Gasteiger charge is -2.47. The molecule has 3 nitrogen and oxygen atoms in total. The molecule has 2 aliphatic rings. The van der Waals surface area contributed by atoms with E-state index in [1.54, 1.807) is 0 Å². The van der Waals surface area contributed by atoms with Gasteiger partial charge in [0.15, 0.2) is 0 Å². The van der Waals surface area contributed by atoms with Crippen molar-refractivity contribution < 1.29 is 9.47 Å². The molecule has 1 fully saturated rings. The van der Waals surface area contributed by atoms with Gasteiger partial charge in [-0.25, -0.2) is 0 Å². The zero-order chi connectivity index (χ0) is 13.2. The molecule has 0 radical (unpaired) electrons. The van der Waals surface area contributed by atoms with E-state index in [9.17, 15) is 0 Å². The Morgan fingerprint density at radius 3 is 3.00 bits per heavy atom. The highest BCUT2D eigenvalue weighted by Gasteiger charge is 2.42. The number of methoxy groups -OCH3 is 1. The van der Waals surface area contributed by atoms with E-state index in [1.165, 1.54) is 18.4 Å². The first kappa shape index (κ1) is 12.9. The molecule has 3 heteroatoms. The van der Waals surface area contributed by atoms with Crippen molar-refractivity contribution in [2.45, 2.75) is 31.9 Å². The van der Waals surface area contributed by atoms with E-state index in [0.717, 1.165) is 25.4 Å². The zero-order valence-corrected chi connectivity index (χ0v) is 11.8. The quantitative estimate of drug-likeness (QED) is 0.835. The Morgan fingerprint density at radius 1 is 1.37 bits per heavy atom. The van der Waals surface area contributed by atoms with Crippen molar-refractivity contribution in [3.8, 4) is 5.75 Å². The van der Waals surface area contributed by atoms with Gasteiger partial charge in [-0.05, 0) is 18.9 Å². The van der Waals surface area contributed by atoms with Gasteiger partial charge in [-0.15, -0.1) is 0 Å². The lowest BCUT2D eigenvalue weighted by atomic mass is 9.77. The van der Waals surface area contributed by atoms with E-state index in [2.05, 4.69) is 30.0 Å². The van der Waals surface area contributed by atoms with Gasteiger partial charge < -0.3 is 9.47 Å². The number of rotatable bonds is 3. The molecule has 0 spiro atoms. The topological polar surface area (TPSA) is 21.7 Å². The molecule has 2 heterocycles. The Kier molecular flexibility index (Phi) is 3.76. The highest BCUT2D eigenvalue weighted by atomic mass is 16.5.